The summed E-state index contributed by atoms with van der Waals surface area (Å²) in [5.74, 6) is 0.331. The van der Waals surface area contributed by atoms with Crippen molar-refractivity contribution in [3.05, 3.63) is 87.2 Å². The Balaban J connectivity index is 1.62. The molecule has 1 aliphatic carbocycles. The zero-order chi connectivity index (χ0) is 21.1. The third-order valence-electron chi connectivity index (χ3n) is 5.17. The molecular formula is C22H20F3N3OS. The van der Waals surface area contributed by atoms with Gasteiger partial charge in [-0.15, -0.1) is 11.8 Å². The van der Waals surface area contributed by atoms with Crippen molar-refractivity contribution in [2.75, 3.05) is 0 Å². The summed E-state index contributed by atoms with van der Waals surface area (Å²) in [4.78, 5) is 21.1. The second kappa shape index (κ2) is 8.63. The fraction of sp³-hybridized carbons (Fsp3) is 0.318. The molecule has 0 aliphatic heterocycles. The summed E-state index contributed by atoms with van der Waals surface area (Å²) < 4.78 is 40.6. The molecule has 2 heterocycles. The van der Waals surface area contributed by atoms with Gasteiger partial charge in [-0.1, -0.05) is 18.2 Å². The first-order valence-corrected chi connectivity index (χ1v) is 10.7. The molecule has 3 aromatic rings. The van der Waals surface area contributed by atoms with Crippen molar-refractivity contribution in [1.29, 1.82) is 0 Å². The molecule has 0 N–H and O–H groups in total. The zero-order valence-corrected chi connectivity index (χ0v) is 17.0. The van der Waals surface area contributed by atoms with E-state index in [-0.39, 0.29) is 5.69 Å². The molecule has 0 unspecified atom stereocenters. The van der Waals surface area contributed by atoms with Crippen molar-refractivity contribution >= 4 is 11.8 Å². The molecule has 2 aromatic heterocycles. The maximum atomic E-state index is 13.0. The first-order chi connectivity index (χ1) is 14.4. The van der Waals surface area contributed by atoms with E-state index in [0.29, 0.717) is 22.9 Å². The summed E-state index contributed by atoms with van der Waals surface area (Å²) in [6.45, 7) is 0.440. The number of rotatable bonds is 5. The molecule has 30 heavy (non-hydrogen) atoms. The van der Waals surface area contributed by atoms with Crippen molar-refractivity contribution in [2.24, 2.45) is 0 Å². The standard InChI is InChI=1S/C22H20F3N3OS/c23-22(24,25)17-5-3-4-16(12-17)14-30-20-18-6-1-2-7-19(18)28(21(29)27-20)13-15-8-10-26-11-9-15/h3-5,8-12H,1-2,6-7,13-14H2. The van der Waals surface area contributed by atoms with Crippen molar-refractivity contribution in [3.63, 3.8) is 0 Å². The van der Waals surface area contributed by atoms with Crippen LogP contribution in [-0.2, 0) is 31.3 Å². The molecule has 4 nitrogen and oxygen atoms in total. The van der Waals surface area contributed by atoms with Gasteiger partial charge in [0.15, 0.2) is 0 Å². The summed E-state index contributed by atoms with van der Waals surface area (Å²) in [5, 5.41) is 0.637. The molecule has 0 amide bonds. The number of fused-ring (bicyclic) bond motifs is 1. The van der Waals surface area contributed by atoms with Crippen molar-refractivity contribution in [2.45, 2.75) is 49.2 Å². The third-order valence-corrected chi connectivity index (χ3v) is 6.26. The summed E-state index contributed by atoms with van der Waals surface area (Å²) in [6.07, 6.45) is 2.66. The van der Waals surface area contributed by atoms with Crippen LogP contribution in [0.15, 0.2) is 58.6 Å². The van der Waals surface area contributed by atoms with E-state index in [9.17, 15) is 18.0 Å². The van der Waals surface area contributed by atoms with Gasteiger partial charge in [-0.25, -0.2) is 4.79 Å². The smallest absolute Gasteiger partial charge is 0.292 e. The second-order valence-corrected chi connectivity index (χ2v) is 8.22. The Morgan fingerprint density at radius 3 is 2.57 bits per heavy atom. The molecule has 1 aromatic carbocycles. The van der Waals surface area contributed by atoms with E-state index in [1.54, 1.807) is 23.0 Å². The SMILES string of the molecule is O=c1nc(SCc2cccc(C(F)(F)F)c2)c2c(n1Cc1ccncc1)CCCC2. The molecule has 8 heteroatoms. The molecule has 4 rings (SSSR count). The Labute approximate surface area is 176 Å². The summed E-state index contributed by atoms with van der Waals surface area (Å²) >= 11 is 1.33. The second-order valence-electron chi connectivity index (χ2n) is 7.26. The molecule has 1 aliphatic rings. The van der Waals surface area contributed by atoms with E-state index >= 15 is 0 Å². The van der Waals surface area contributed by atoms with E-state index in [1.807, 2.05) is 12.1 Å². The van der Waals surface area contributed by atoms with Crippen molar-refractivity contribution < 1.29 is 13.2 Å². The van der Waals surface area contributed by atoms with Gasteiger partial charge in [-0.3, -0.25) is 9.55 Å². The van der Waals surface area contributed by atoms with Crippen LogP contribution in [0.1, 0.15) is 40.8 Å². The predicted molar refractivity (Wildman–Crippen MR) is 109 cm³/mol. The lowest BCUT2D eigenvalue weighted by atomic mass is 9.97. The highest BCUT2D eigenvalue weighted by Gasteiger charge is 2.30. The van der Waals surface area contributed by atoms with Crippen LogP contribution in [-0.4, -0.2) is 14.5 Å². The fourth-order valence-electron chi connectivity index (χ4n) is 3.69. The van der Waals surface area contributed by atoms with Gasteiger partial charge in [-0.2, -0.15) is 18.2 Å². The van der Waals surface area contributed by atoms with Gasteiger partial charge in [0, 0.05) is 29.4 Å². The van der Waals surface area contributed by atoms with Gasteiger partial charge >= 0.3 is 11.9 Å². The third kappa shape index (κ3) is 4.59. The van der Waals surface area contributed by atoms with E-state index in [4.69, 9.17) is 0 Å². The van der Waals surface area contributed by atoms with Crippen molar-refractivity contribution in [1.82, 2.24) is 14.5 Å². The highest BCUT2D eigenvalue weighted by Crippen LogP contribution is 2.33. The van der Waals surface area contributed by atoms with Gasteiger partial charge in [-0.05, 0) is 55.0 Å². The minimum atomic E-state index is -4.37. The van der Waals surface area contributed by atoms with Crippen LogP contribution >= 0.6 is 11.8 Å². The first kappa shape index (κ1) is 20.7. The molecule has 0 bridgehead atoms. The fourth-order valence-corrected chi connectivity index (χ4v) is 4.71. The highest BCUT2D eigenvalue weighted by molar-refractivity contribution is 7.98. The lowest BCUT2D eigenvalue weighted by Gasteiger charge is -2.22. The molecule has 0 spiro atoms. The normalized spacial score (nSPS) is 13.8. The zero-order valence-electron chi connectivity index (χ0n) is 16.2. The van der Waals surface area contributed by atoms with Crippen LogP contribution in [0.5, 0.6) is 0 Å². The minimum absolute atomic E-state index is 0.320. The topological polar surface area (TPSA) is 47.8 Å². The summed E-state index contributed by atoms with van der Waals surface area (Å²) in [7, 11) is 0. The number of aromatic nitrogens is 3. The van der Waals surface area contributed by atoms with Gasteiger partial charge in [0.2, 0.25) is 0 Å². The van der Waals surface area contributed by atoms with E-state index in [2.05, 4.69) is 9.97 Å². The molecule has 0 saturated carbocycles. The lowest BCUT2D eigenvalue weighted by Crippen LogP contribution is -2.30. The Kier molecular flexibility index (Phi) is 5.94. The van der Waals surface area contributed by atoms with Gasteiger partial charge in [0.1, 0.15) is 5.03 Å². The van der Waals surface area contributed by atoms with Crippen LogP contribution in [0.4, 0.5) is 13.2 Å². The van der Waals surface area contributed by atoms with Crippen LogP contribution in [0.3, 0.4) is 0 Å². The Bertz CT molecular complexity index is 1100. The largest absolute Gasteiger partial charge is 0.416 e. The molecule has 156 valence electrons. The number of alkyl halides is 3. The number of hydrogen-bond acceptors (Lipinski definition) is 4. The van der Waals surface area contributed by atoms with E-state index in [1.165, 1.54) is 17.8 Å². The number of halogens is 3. The lowest BCUT2D eigenvalue weighted by molar-refractivity contribution is -0.137. The average Bonchev–Trinajstić information content (AvgIpc) is 2.75. The average molecular weight is 431 g/mol. The van der Waals surface area contributed by atoms with Crippen LogP contribution in [0.25, 0.3) is 0 Å². The predicted octanol–water partition coefficient (Wildman–Crippen LogP) is 4.88. The van der Waals surface area contributed by atoms with Gasteiger partial charge < -0.3 is 0 Å². The van der Waals surface area contributed by atoms with Gasteiger partial charge in [0.25, 0.3) is 0 Å². The highest BCUT2D eigenvalue weighted by atomic mass is 32.2. The van der Waals surface area contributed by atoms with E-state index < -0.39 is 11.7 Å². The van der Waals surface area contributed by atoms with Gasteiger partial charge in [0.05, 0.1) is 12.1 Å². The van der Waals surface area contributed by atoms with Crippen LogP contribution < -0.4 is 5.69 Å². The Hall–Kier alpha value is -2.61. The van der Waals surface area contributed by atoms with Crippen LogP contribution in [0, 0.1) is 0 Å². The monoisotopic (exact) mass is 431 g/mol. The first-order valence-electron chi connectivity index (χ1n) is 9.72. The molecule has 0 atom stereocenters. The Morgan fingerprint density at radius 2 is 1.80 bits per heavy atom. The minimum Gasteiger partial charge on any atom is -0.292 e. The molecular weight excluding hydrogens is 411 g/mol. The number of pyridine rings is 1. The number of nitrogens with zero attached hydrogens (tertiary/aromatic N) is 3. The molecule has 0 radical (unpaired) electrons. The maximum absolute atomic E-state index is 13.0. The maximum Gasteiger partial charge on any atom is 0.416 e. The molecule has 0 fully saturated rings. The van der Waals surface area contributed by atoms with Crippen LogP contribution in [0.2, 0.25) is 0 Å². The molecule has 0 saturated heterocycles. The van der Waals surface area contributed by atoms with Crippen molar-refractivity contribution in [3.8, 4) is 0 Å². The quantitative estimate of drug-likeness (QED) is 0.427. The summed E-state index contributed by atoms with van der Waals surface area (Å²) in [5.41, 5.74) is 2.59. The Morgan fingerprint density at radius 1 is 1.03 bits per heavy atom. The number of hydrogen-bond donors (Lipinski definition) is 0. The number of benzene rings is 1. The van der Waals surface area contributed by atoms with E-state index in [0.717, 1.165) is 54.6 Å². The number of thioether (sulfide) groups is 1. The summed E-state index contributed by atoms with van der Waals surface area (Å²) in [6, 6.07) is 9.04.